The fourth-order valence-electron chi connectivity index (χ4n) is 0.440. The molecule has 10 heavy (non-hydrogen) atoms. The van der Waals surface area contributed by atoms with Crippen molar-refractivity contribution in [2.45, 2.75) is 0 Å². The van der Waals surface area contributed by atoms with Gasteiger partial charge in [0.05, 0.1) is 0 Å². The molecule has 0 saturated heterocycles. The first kappa shape index (κ1) is 8.74. The van der Waals surface area contributed by atoms with E-state index >= 15 is 0 Å². The van der Waals surface area contributed by atoms with E-state index in [1.54, 1.807) is 0 Å². The van der Waals surface area contributed by atoms with Crippen molar-refractivity contribution in [2.75, 3.05) is 0 Å². The number of hydrazine groups is 1. The van der Waals surface area contributed by atoms with Crippen LogP contribution in [0, 0.1) is 0 Å². The van der Waals surface area contributed by atoms with E-state index in [0.29, 0.717) is 0 Å². The Balaban J connectivity index is 0.000000371. The SMILES string of the molecule is NN.O=C1C=CC(=O)C=C1. The first-order valence-electron chi connectivity index (χ1n) is 2.56. The van der Waals surface area contributed by atoms with Crippen LogP contribution in [-0.2, 0) is 9.59 Å². The Morgan fingerprint density at radius 1 is 0.800 bits per heavy atom. The summed E-state index contributed by atoms with van der Waals surface area (Å²) in [6.45, 7) is 0. The van der Waals surface area contributed by atoms with Crippen LogP contribution >= 0.6 is 0 Å². The number of hydrogen-bond donors (Lipinski definition) is 2. The van der Waals surface area contributed by atoms with Crippen LogP contribution in [0.5, 0.6) is 0 Å². The lowest BCUT2D eigenvalue weighted by atomic mass is 10.2. The first-order valence-corrected chi connectivity index (χ1v) is 2.56. The third-order valence-electron chi connectivity index (χ3n) is 0.824. The van der Waals surface area contributed by atoms with Crippen molar-refractivity contribution in [1.82, 2.24) is 0 Å². The standard InChI is InChI=1S/C6H4O2.H4N2/c7-5-1-2-6(8)4-3-5;1-2/h1-4H;1-2H2. The molecule has 4 heteroatoms. The van der Waals surface area contributed by atoms with Gasteiger partial charge >= 0.3 is 0 Å². The normalized spacial score (nSPS) is 14.6. The summed E-state index contributed by atoms with van der Waals surface area (Å²) in [6, 6.07) is 0. The van der Waals surface area contributed by atoms with E-state index < -0.39 is 0 Å². The number of rotatable bonds is 0. The van der Waals surface area contributed by atoms with Crippen molar-refractivity contribution >= 4 is 11.6 Å². The molecule has 0 radical (unpaired) electrons. The summed E-state index contributed by atoms with van der Waals surface area (Å²) in [5, 5.41) is 0. The molecule has 1 rings (SSSR count). The predicted molar refractivity (Wildman–Crippen MR) is 36.7 cm³/mol. The van der Waals surface area contributed by atoms with E-state index in [0.717, 1.165) is 0 Å². The van der Waals surface area contributed by atoms with Gasteiger partial charge in [0.1, 0.15) is 0 Å². The van der Waals surface area contributed by atoms with Crippen molar-refractivity contribution in [3.63, 3.8) is 0 Å². The summed E-state index contributed by atoms with van der Waals surface area (Å²) in [6.07, 6.45) is 5.01. The maximum atomic E-state index is 10.3. The van der Waals surface area contributed by atoms with Crippen LogP contribution in [0.3, 0.4) is 0 Å². The van der Waals surface area contributed by atoms with Gasteiger partial charge in [-0.05, 0) is 24.3 Å². The van der Waals surface area contributed by atoms with Crippen LogP contribution in [0.1, 0.15) is 0 Å². The molecule has 0 aromatic carbocycles. The zero-order valence-electron chi connectivity index (χ0n) is 5.28. The minimum absolute atomic E-state index is 0.121. The second-order valence-corrected chi connectivity index (χ2v) is 1.47. The highest BCUT2D eigenvalue weighted by Crippen LogP contribution is 1.90. The third kappa shape index (κ3) is 2.91. The lowest BCUT2D eigenvalue weighted by molar-refractivity contribution is -0.113. The zero-order valence-corrected chi connectivity index (χ0v) is 5.28. The fourth-order valence-corrected chi connectivity index (χ4v) is 0.440. The van der Waals surface area contributed by atoms with Gasteiger partial charge in [0.15, 0.2) is 11.6 Å². The molecule has 4 N–H and O–H groups in total. The number of allylic oxidation sites excluding steroid dienone is 4. The van der Waals surface area contributed by atoms with Gasteiger partial charge in [0, 0.05) is 0 Å². The summed E-state index contributed by atoms with van der Waals surface area (Å²) in [5.74, 6) is 7.76. The number of nitrogens with two attached hydrogens (primary N) is 2. The summed E-state index contributed by atoms with van der Waals surface area (Å²) in [5.41, 5.74) is 0. The monoisotopic (exact) mass is 140 g/mol. The van der Waals surface area contributed by atoms with Gasteiger partial charge in [-0.15, -0.1) is 0 Å². The number of hydrogen-bond acceptors (Lipinski definition) is 4. The van der Waals surface area contributed by atoms with E-state index in [1.165, 1.54) is 24.3 Å². The second kappa shape index (κ2) is 4.60. The summed E-state index contributed by atoms with van der Waals surface area (Å²) >= 11 is 0. The highest BCUT2D eigenvalue weighted by atomic mass is 16.1. The van der Waals surface area contributed by atoms with Crippen LogP contribution in [0.15, 0.2) is 24.3 Å². The van der Waals surface area contributed by atoms with E-state index in [1.807, 2.05) is 0 Å². The number of carbonyl (C=O) groups is 2. The number of ketones is 2. The second-order valence-electron chi connectivity index (χ2n) is 1.47. The molecular weight excluding hydrogens is 132 g/mol. The highest BCUT2D eigenvalue weighted by Gasteiger charge is 1.97. The third-order valence-corrected chi connectivity index (χ3v) is 0.824. The maximum absolute atomic E-state index is 10.3. The molecule has 1 aliphatic rings. The molecule has 0 saturated carbocycles. The smallest absolute Gasteiger partial charge is 0.178 e. The van der Waals surface area contributed by atoms with Crippen LogP contribution in [-0.4, -0.2) is 11.6 Å². The summed E-state index contributed by atoms with van der Waals surface area (Å²) in [4.78, 5) is 20.6. The predicted octanol–water partition coefficient (Wildman–Crippen LogP) is -0.931. The molecule has 0 unspecified atom stereocenters. The molecule has 0 aliphatic heterocycles. The molecule has 0 heterocycles. The summed E-state index contributed by atoms with van der Waals surface area (Å²) < 4.78 is 0. The Morgan fingerprint density at radius 2 is 1.00 bits per heavy atom. The van der Waals surface area contributed by atoms with E-state index in [9.17, 15) is 9.59 Å². The summed E-state index contributed by atoms with van der Waals surface area (Å²) in [7, 11) is 0. The van der Waals surface area contributed by atoms with Crippen LogP contribution < -0.4 is 11.7 Å². The average Bonchev–Trinajstić information content (AvgIpc) is 2.00. The largest absolute Gasteiger partial charge is 0.290 e. The molecule has 0 aromatic rings. The number of carbonyl (C=O) groups excluding carboxylic acids is 2. The molecule has 0 amide bonds. The Hall–Kier alpha value is -1.26. The van der Waals surface area contributed by atoms with Gasteiger partial charge in [0.2, 0.25) is 0 Å². The van der Waals surface area contributed by atoms with Gasteiger partial charge < -0.3 is 0 Å². The Morgan fingerprint density at radius 3 is 1.20 bits per heavy atom. The fraction of sp³-hybridized carbons (Fsp3) is 0. The molecule has 1 aliphatic carbocycles. The van der Waals surface area contributed by atoms with Crippen molar-refractivity contribution < 1.29 is 9.59 Å². The van der Waals surface area contributed by atoms with E-state index in [-0.39, 0.29) is 11.6 Å². The molecule has 0 spiro atoms. The Labute approximate surface area is 58.2 Å². The quantitative estimate of drug-likeness (QED) is 0.258. The van der Waals surface area contributed by atoms with Crippen molar-refractivity contribution in [2.24, 2.45) is 11.7 Å². The highest BCUT2D eigenvalue weighted by molar-refractivity contribution is 6.14. The van der Waals surface area contributed by atoms with Gasteiger partial charge in [-0.2, -0.15) is 0 Å². The van der Waals surface area contributed by atoms with Gasteiger partial charge in [-0.25, -0.2) is 0 Å². The minimum Gasteiger partial charge on any atom is -0.290 e. The Kier molecular flexibility index (Phi) is 4.02. The van der Waals surface area contributed by atoms with Gasteiger partial charge in [0.25, 0.3) is 0 Å². The molecule has 0 atom stereocenters. The zero-order chi connectivity index (χ0) is 7.98. The Bertz CT molecular complexity index is 156. The van der Waals surface area contributed by atoms with E-state index in [4.69, 9.17) is 0 Å². The molecule has 4 nitrogen and oxygen atoms in total. The maximum Gasteiger partial charge on any atom is 0.178 e. The van der Waals surface area contributed by atoms with Crippen LogP contribution in [0.25, 0.3) is 0 Å². The van der Waals surface area contributed by atoms with Gasteiger partial charge in [-0.3, -0.25) is 21.3 Å². The van der Waals surface area contributed by atoms with Gasteiger partial charge in [-0.1, -0.05) is 0 Å². The van der Waals surface area contributed by atoms with E-state index in [2.05, 4.69) is 11.7 Å². The lowest BCUT2D eigenvalue weighted by Crippen LogP contribution is -2.02. The first-order chi connectivity index (χ1) is 4.79. The van der Waals surface area contributed by atoms with Crippen molar-refractivity contribution in [1.29, 1.82) is 0 Å². The molecule has 0 bridgehead atoms. The molecule has 54 valence electrons. The topological polar surface area (TPSA) is 86.2 Å². The average molecular weight is 140 g/mol. The lowest BCUT2D eigenvalue weighted by Gasteiger charge is -1.87. The van der Waals surface area contributed by atoms with Crippen LogP contribution in [0.4, 0.5) is 0 Å². The van der Waals surface area contributed by atoms with Crippen LogP contribution in [0.2, 0.25) is 0 Å². The molecule has 0 aromatic heterocycles. The van der Waals surface area contributed by atoms with Crippen molar-refractivity contribution in [3.05, 3.63) is 24.3 Å². The molecule has 0 fully saturated rings. The molecular formula is C6H8N2O2. The minimum atomic E-state index is -0.121. The van der Waals surface area contributed by atoms with Crippen molar-refractivity contribution in [3.8, 4) is 0 Å².